The van der Waals surface area contributed by atoms with Gasteiger partial charge < -0.3 is 9.80 Å². The van der Waals surface area contributed by atoms with E-state index in [4.69, 9.17) is 4.98 Å². The lowest BCUT2D eigenvalue weighted by molar-refractivity contribution is -0.139. The van der Waals surface area contributed by atoms with E-state index in [9.17, 15) is 9.59 Å². The summed E-state index contributed by atoms with van der Waals surface area (Å²) in [5.74, 6) is 1.27. The zero-order valence-electron chi connectivity index (χ0n) is 15.0. The van der Waals surface area contributed by atoms with Gasteiger partial charge in [0.1, 0.15) is 11.6 Å². The smallest absolute Gasteiger partial charge is 0.242 e. The Kier molecular flexibility index (Phi) is 5.75. The van der Waals surface area contributed by atoms with Gasteiger partial charge in [0.15, 0.2) is 0 Å². The highest BCUT2D eigenvalue weighted by Crippen LogP contribution is 2.24. The second-order valence-electron chi connectivity index (χ2n) is 6.74. The SMILES string of the molecule is O=C(CN1CSCC1=O)N1CCN(Cc2csc(-c3ccccc3)n2)CC1. The zero-order valence-corrected chi connectivity index (χ0v) is 16.7. The van der Waals surface area contributed by atoms with Crippen LogP contribution in [0.3, 0.4) is 0 Å². The van der Waals surface area contributed by atoms with Gasteiger partial charge >= 0.3 is 0 Å². The third-order valence-electron chi connectivity index (χ3n) is 4.83. The Balaban J connectivity index is 1.27. The fourth-order valence-electron chi connectivity index (χ4n) is 3.28. The van der Waals surface area contributed by atoms with Gasteiger partial charge in [-0.05, 0) is 0 Å². The van der Waals surface area contributed by atoms with Crippen molar-refractivity contribution >= 4 is 34.9 Å². The fraction of sp³-hybridized carbons (Fsp3) is 0.421. The molecule has 0 aliphatic carbocycles. The van der Waals surface area contributed by atoms with Gasteiger partial charge in [0.05, 0.1) is 17.3 Å². The minimum Gasteiger partial charge on any atom is -0.339 e. The first-order valence-electron chi connectivity index (χ1n) is 9.04. The quantitative estimate of drug-likeness (QED) is 0.766. The van der Waals surface area contributed by atoms with Gasteiger partial charge in [-0.3, -0.25) is 14.5 Å². The van der Waals surface area contributed by atoms with Crippen molar-refractivity contribution in [3.8, 4) is 10.6 Å². The highest BCUT2D eigenvalue weighted by atomic mass is 32.2. The maximum atomic E-state index is 12.4. The second-order valence-corrected chi connectivity index (χ2v) is 8.55. The number of thioether (sulfide) groups is 1. The Bertz CT molecular complexity index is 803. The third kappa shape index (κ3) is 4.51. The minimum atomic E-state index is 0.0607. The van der Waals surface area contributed by atoms with E-state index in [0.29, 0.717) is 24.7 Å². The Morgan fingerprint density at radius 2 is 1.89 bits per heavy atom. The van der Waals surface area contributed by atoms with E-state index in [1.165, 1.54) is 0 Å². The lowest BCUT2D eigenvalue weighted by Crippen LogP contribution is -2.51. The average molecular weight is 403 g/mol. The van der Waals surface area contributed by atoms with Crippen LogP contribution in [0.4, 0.5) is 0 Å². The molecule has 0 radical (unpaired) electrons. The van der Waals surface area contributed by atoms with Gasteiger partial charge in [0.25, 0.3) is 0 Å². The van der Waals surface area contributed by atoms with Crippen LogP contribution in [0.1, 0.15) is 5.69 Å². The van der Waals surface area contributed by atoms with Crippen LogP contribution in [-0.2, 0) is 16.1 Å². The molecule has 2 aromatic rings. The van der Waals surface area contributed by atoms with E-state index in [0.717, 1.165) is 35.9 Å². The number of aromatic nitrogens is 1. The molecular formula is C19H22N4O2S2. The Labute approximate surface area is 167 Å². The first-order valence-corrected chi connectivity index (χ1v) is 11.1. The lowest BCUT2D eigenvalue weighted by atomic mass is 10.2. The van der Waals surface area contributed by atoms with Crippen LogP contribution >= 0.6 is 23.1 Å². The van der Waals surface area contributed by atoms with Crippen LogP contribution in [0.25, 0.3) is 10.6 Å². The van der Waals surface area contributed by atoms with Gasteiger partial charge in [-0.25, -0.2) is 4.98 Å². The van der Waals surface area contributed by atoms with Gasteiger partial charge in [-0.2, -0.15) is 0 Å². The van der Waals surface area contributed by atoms with Gasteiger partial charge in [-0.15, -0.1) is 23.1 Å². The largest absolute Gasteiger partial charge is 0.339 e. The molecule has 0 unspecified atom stereocenters. The van der Waals surface area contributed by atoms with E-state index in [1.807, 2.05) is 23.1 Å². The molecule has 3 heterocycles. The number of rotatable bonds is 5. The highest BCUT2D eigenvalue weighted by molar-refractivity contribution is 8.00. The second kappa shape index (κ2) is 8.41. The molecule has 27 heavy (non-hydrogen) atoms. The summed E-state index contributed by atoms with van der Waals surface area (Å²) >= 11 is 3.25. The monoisotopic (exact) mass is 402 g/mol. The Morgan fingerprint density at radius 3 is 2.59 bits per heavy atom. The standard InChI is InChI=1S/C19H22N4O2S2/c24-17(11-23-14-26-13-18(23)25)22-8-6-21(7-9-22)10-16-12-27-19(20-16)15-4-2-1-3-5-15/h1-5,12H,6-11,13-14H2. The molecule has 2 amide bonds. The van der Waals surface area contributed by atoms with E-state index in [-0.39, 0.29) is 18.4 Å². The number of carbonyl (C=O) groups is 2. The van der Waals surface area contributed by atoms with Crippen molar-refractivity contribution in [1.29, 1.82) is 0 Å². The molecule has 0 atom stereocenters. The summed E-state index contributed by atoms with van der Waals surface area (Å²) in [7, 11) is 0. The van der Waals surface area contributed by atoms with Crippen molar-refractivity contribution in [1.82, 2.24) is 19.7 Å². The van der Waals surface area contributed by atoms with Crippen LogP contribution in [-0.4, -0.2) is 75.9 Å². The number of hydrogen-bond acceptors (Lipinski definition) is 6. The predicted molar refractivity (Wildman–Crippen MR) is 108 cm³/mol. The summed E-state index contributed by atoms with van der Waals surface area (Å²) in [4.78, 5) is 34.7. The Morgan fingerprint density at radius 1 is 1.11 bits per heavy atom. The van der Waals surface area contributed by atoms with Crippen LogP contribution in [0.15, 0.2) is 35.7 Å². The minimum absolute atomic E-state index is 0.0607. The first-order chi connectivity index (χ1) is 13.2. The van der Waals surface area contributed by atoms with E-state index >= 15 is 0 Å². The van der Waals surface area contributed by atoms with Crippen molar-refractivity contribution in [2.24, 2.45) is 0 Å². The summed E-state index contributed by atoms with van der Waals surface area (Å²) < 4.78 is 0. The number of carbonyl (C=O) groups excluding carboxylic acids is 2. The number of nitrogens with zero attached hydrogens (tertiary/aromatic N) is 4. The third-order valence-corrected chi connectivity index (χ3v) is 6.72. The molecule has 2 aliphatic heterocycles. The predicted octanol–water partition coefficient (Wildman–Crippen LogP) is 1.99. The molecule has 0 N–H and O–H groups in total. The van der Waals surface area contributed by atoms with Crippen LogP contribution < -0.4 is 0 Å². The summed E-state index contributed by atoms with van der Waals surface area (Å²) in [6.45, 7) is 4.14. The molecule has 2 saturated heterocycles. The summed E-state index contributed by atoms with van der Waals surface area (Å²) in [6.07, 6.45) is 0. The van der Waals surface area contributed by atoms with Gasteiger partial charge in [0.2, 0.25) is 11.8 Å². The van der Waals surface area contributed by atoms with E-state index < -0.39 is 0 Å². The summed E-state index contributed by atoms with van der Waals surface area (Å²) in [5.41, 5.74) is 2.23. The maximum Gasteiger partial charge on any atom is 0.242 e. The molecular weight excluding hydrogens is 380 g/mol. The van der Waals surface area contributed by atoms with Crippen molar-refractivity contribution in [3.05, 3.63) is 41.4 Å². The molecule has 4 rings (SSSR count). The zero-order chi connectivity index (χ0) is 18.6. The van der Waals surface area contributed by atoms with Crippen LogP contribution in [0.5, 0.6) is 0 Å². The molecule has 8 heteroatoms. The normalized spacial score (nSPS) is 18.3. The summed E-state index contributed by atoms with van der Waals surface area (Å²) in [6, 6.07) is 10.2. The van der Waals surface area contributed by atoms with Crippen LogP contribution in [0.2, 0.25) is 0 Å². The number of thiazole rings is 1. The number of amides is 2. The first kappa shape index (κ1) is 18.5. The van der Waals surface area contributed by atoms with Crippen molar-refractivity contribution in [3.63, 3.8) is 0 Å². The Hall–Kier alpha value is -1.90. The number of piperazine rings is 1. The van der Waals surface area contributed by atoms with E-state index in [1.54, 1.807) is 28.0 Å². The molecule has 1 aromatic carbocycles. The number of benzene rings is 1. The molecule has 0 saturated carbocycles. The van der Waals surface area contributed by atoms with Crippen molar-refractivity contribution in [2.75, 3.05) is 44.4 Å². The summed E-state index contributed by atoms with van der Waals surface area (Å²) in [5, 5.41) is 3.17. The molecule has 2 aliphatic rings. The molecule has 0 bridgehead atoms. The van der Waals surface area contributed by atoms with Crippen LogP contribution in [0, 0.1) is 0 Å². The number of hydrogen-bond donors (Lipinski definition) is 0. The molecule has 2 fully saturated rings. The lowest BCUT2D eigenvalue weighted by Gasteiger charge is -2.35. The molecule has 6 nitrogen and oxygen atoms in total. The van der Waals surface area contributed by atoms with Gasteiger partial charge in [-0.1, -0.05) is 30.3 Å². The fourth-order valence-corrected chi connectivity index (χ4v) is 5.00. The molecule has 1 aromatic heterocycles. The van der Waals surface area contributed by atoms with Gasteiger partial charge in [0, 0.05) is 43.7 Å². The van der Waals surface area contributed by atoms with Crippen molar-refractivity contribution < 1.29 is 9.59 Å². The van der Waals surface area contributed by atoms with E-state index in [2.05, 4.69) is 22.4 Å². The topological polar surface area (TPSA) is 56.8 Å². The molecule has 142 valence electrons. The highest BCUT2D eigenvalue weighted by Gasteiger charge is 2.27. The molecule has 0 spiro atoms. The maximum absolute atomic E-state index is 12.4. The average Bonchev–Trinajstić information content (AvgIpc) is 3.32. The van der Waals surface area contributed by atoms with Crippen molar-refractivity contribution in [2.45, 2.75) is 6.54 Å².